The van der Waals surface area contributed by atoms with E-state index in [-0.39, 0.29) is 0 Å². The van der Waals surface area contributed by atoms with E-state index in [1.54, 1.807) is 0 Å². The second-order valence-electron chi connectivity index (χ2n) is 6.23. The SMILES string of the molecule is CCCNC(C=C(C)C)C1(N(C)C)CCCCC1. The first-order chi connectivity index (χ1) is 8.53. The lowest BCUT2D eigenvalue weighted by Crippen LogP contribution is -2.59. The Labute approximate surface area is 114 Å². The minimum atomic E-state index is 0.324. The molecule has 0 aromatic heterocycles. The highest BCUT2D eigenvalue weighted by Crippen LogP contribution is 2.36. The number of nitrogens with zero attached hydrogens (tertiary/aromatic N) is 1. The van der Waals surface area contributed by atoms with Crippen LogP contribution < -0.4 is 5.32 Å². The van der Waals surface area contributed by atoms with E-state index in [0.717, 1.165) is 6.54 Å². The molecule has 0 saturated heterocycles. The topological polar surface area (TPSA) is 15.3 Å². The lowest BCUT2D eigenvalue weighted by Gasteiger charge is -2.48. The molecule has 0 amide bonds. The van der Waals surface area contributed by atoms with E-state index in [1.165, 1.54) is 44.1 Å². The Hall–Kier alpha value is -0.340. The number of hydrogen-bond acceptors (Lipinski definition) is 2. The third-order valence-electron chi connectivity index (χ3n) is 4.30. The Morgan fingerprint density at radius 1 is 1.22 bits per heavy atom. The Kier molecular flexibility index (Phi) is 6.37. The quantitative estimate of drug-likeness (QED) is 0.727. The molecule has 2 heteroatoms. The standard InChI is InChI=1S/C16H32N2/c1-6-12-17-15(13-14(2)3)16(18(4)5)10-8-7-9-11-16/h13,15,17H,6-12H2,1-5H3. The van der Waals surface area contributed by atoms with Crippen LogP contribution >= 0.6 is 0 Å². The zero-order valence-corrected chi connectivity index (χ0v) is 13.1. The summed E-state index contributed by atoms with van der Waals surface area (Å²) in [7, 11) is 4.51. The van der Waals surface area contributed by atoms with Crippen molar-refractivity contribution in [1.82, 2.24) is 10.2 Å². The van der Waals surface area contributed by atoms with Crippen molar-refractivity contribution >= 4 is 0 Å². The summed E-state index contributed by atoms with van der Waals surface area (Å²) in [6.45, 7) is 7.79. The predicted molar refractivity (Wildman–Crippen MR) is 81.0 cm³/mol. The van der Waals surface area contributed by atoms with Gasteiger partial charge in [0.2, 0.25) is 0 Å². The number of allylic oxidation sites excluding steroid dienone is 1. The zero-order chi connectivity index (χ0) is 13.6. The predicted octanol–water partition coefficient (Wildman–Crippen LogP) is 3.59. The van der Waals surface area contributed by atoms with Gasteiger partial charge >= 0.3 is 0 Å². The van der Waals surface area contributed by atoms with Crippen molar-refractivity contribution in [3.63, 3.8) is 0 Å². The first-order valence-electron chi connectivity index (χ1n) is 7.59. The van der Waals surface area contributed by atoms with Gasteiger partial charge < -0.3 is 10.2 Å². The molecule has 1 fully saturated rings. The second kappa shape index (κ2) is 7.30. The second-order valence-corrected chi connectivity index (χ2v) is 6.23. The van der Waals surface area contributed by atoms with Gasteiger partial charge in [-0.2, -0.15) is 0 Å². The number of nitrogens with one attached hydrogen (secondary N) is 1. The van der Waals surface area contributed by atoms with Crippen LogP contribution in [0.3, 0.4) is 0 Å². The molecule has 18 heavy (non-hydrogen) atoms. The van der Waals surface area contributed by atoms with Crippen LogP contribution in [0.15, 0.2) is 11.6 Å². The highest BCUT2D eigenvalue weighted by Gasteiger charge is 2.40. The molecule has 0 spiro atoms. The Morgan fingerprint density at radius 3 is 2.28 bits per heavy atom. The fourth-order valence-electron chi connectivity index (χ4n) is 3.24. The van der Waals surface area contributed by atoms with Gasteiger partial charge in [-0.25, -0.2) is 0 Å². The maximum absolute atomic E-state index is 3.77. The molecular formula is C16H32N2. The van der Waals surface area contributed by atoms with Gasteiger partial charge in [0, 0.05) is 11.6 Å². The van der Waals surface area contributed by atoms with Crippen LogP contribution in [0.5, 0.6) is 0 Å². The molecule has 2 nitrogen and oxygen atoms in total. The van der Waals surface area contributed by atoms with Crippen molar-refractivity contribution in [2.45, 2.75) is 70.9 Å². The monoisotopic (exact) mass is 252 g/mol. The third kappa shape index (κ3) is 3.83. The molecule has 0 aliphatic heterocycles. The van der Waals surface area contributed by atoms with Crippen molar-refractivity contribution in [3.8, 4) is 0 Å². The molecule has 1 N–H and O–H groups in total. The summed E-state index contributed by atoms with van der Waals surface area (Å²) in [4.78, 5) is 2.47. The van der Waals surface area contributed by atoms with Crippen molar-refractivity contribution in [3.05, 3.63) is 11.6 Å². The lowest BCUT2D eigenvalue weighted by atomic mass is 9.74. The molecule has 0 bridgehead atoms. The van der Waals surface area contributed by atoms with E-state index in [2.05, 4.69) is 51.2 Å². The third-order valence-corrected chi connectivity index (χ3v) is 4.30. The van der Waals surface area contributed by atoms with Gasteiger partial charge in [0.05, 0.1) is 0 Å². The molecule has 1 aliphatic carbocycles. The molecular weight excluding hydrogens is 220 g/mol. The first-order valence-corrected chi connectivity index (χ1v) is 7.59. The van der Waals surface area contributed by atoms with E-state index in [0.29, 0.717) is 11.6 Å². The molecule has 1 saturated carbocycles. The average Bonchev–Trinajstić information content (AvgIpc) is 2.34. The molecule has 0 radical (unpaired) electrons. The summed E-state index contributed by atoms with van der Waals surface area (Å²) in [6.07, 6.45) is 10.5. The molecule has 0 aromatic carbocycles. The van der Waals surface area contributed by atoms with Crippen LogP contribution in [0.1, 0.15) is 59.3 Å². The summed E-state index contributed by atoms with van der Waals surface area (Å²) < 4.78 is 0. The van der Waals surface area contributed by atoms with Crippen LogP contribution in [0.25, 0.3) is 0 Å². The smallest absolute Gasteiger partial charge is 0.0438 e. The molecule has 1 aliphatic rings. The Balaban J connectivity index is 2.92. The van der Waals surface area contributed by atoms with E-state index in [1.807, 2.05) is 0 Å². The van der Waals surface area contributed by atoms with Crippen molar-refractivity contribution in [1.29, 1.82) is 0 Å². The normalized spacial score (nSPS) is 20.8. The fourth-order valence-corrected chi connectivity index (χ4v) is 3.24. The summed E-state index contributed by atoms with van der Waals surface area (Å²) in [5.41, 5.74) is 1.75. The molecule has 106 valence electrons. The maximum Gasteiger partial charge on any atom is 0.0438 e. The van der Waals surface area contributed by atoms with Gasteiger partial charge in [-0.1, -0.05) is 37.8 Å². The molecule has 1 unspecified atom stereocenters. The molecule has 0 aromatic rings. The van der Waals surface area contributed by atoms with E-state index in [9.17, 15) is 0 Å². The van der Waals surface area contributed by atoms with Crippen molar-refractivity contribution in [2.75, 3.05) is 20.6 Å². The maximum atomic E-state index is 3.77. The van der Waals surface area contributed by atoms with Crippen molar-refractivity contribution < 1.29 is 0 Å². The number of likely N-dealkylation sites (N-methyl/N-ethyl adjacent to an activating group) is 1. The van der Waals surface area contributed by atoms with Crippen LogP contribution in [0.2, 0.25) is 0 Å². The van der Waals surface area contributed by atoms with Crippen molar-refractivity contribution in [2.24, 2.45) is 0 Å². The summed E-state index contributed by atoms with van der Waals surface area (Å²) in [5, 5.41) is 3.77. The highest BCUT2D eigenvalue weighted by molar-refractivity contribution is 5.13. The first kappa shape index (κ1) is 15.7. The molecule has 1 atom stereocenters. The van der Waals surface area contributed by atoms with Gasteiger partial charge in [-0.3, -0.25) is 0 Å². The van der Waals surface area contributed by atoms with E-state index >= 15 is 0 Å². The lowest BCUT2D eigenvalue weighted by molar-refractivity contribution is 0.0735. The summed E-state index contributed by atoms with van der Waals surface area (Å²) in [5.74, 6) is 0. The van der Waals surface area contributed by atoms with E-state index in [4.69, 9.17) is 0 Å². The van der Waals surface area contributed by atoms with Crippen LogP contribution in [0, 0.1) is 0 Å². The summed E-state index contributed by atoms with van der Waals surface area (Å²) in [6, 6.07) is 0.498. The minimum Gasteiger partial charge on any atom is -0.309 e. The van der Waals surface area contributed by atoms with Gasteiger partial charge in [-0.15, -0.1) is 0 Å². The Morgan fingerprint density at radius 2 is 1.83 bits per heavy atom. The van der Waals surface area contributed by atoms with Crippen LogP contribution in [-0.2, 0) is 0 Å². The van der Waals surface area contributed by atoms with Gasteiger partial charge in [0.25, 0.3) is 0 Å². The Bertz CT molecular complexity index is 258. The fraction of sp³-hybridized carbons (Fsp3) is 0.875. The van der Waals surface area contributed by atoms with Crippen LogP contribution in [-0.4, -0.2) is 37.1 Å². The van der Waals surface area contributed by atoms with Gasteiger partial charge in [0.15, 0.2) is 0 Å². The average molecular weight is 252 g/mol. The number of rotatable bonds is 6. The van der Waals surface area contributed by atoms with Gasteiger partial charge in [-0.05, 0) is 53.8 Å². The summed E-state index contributed by atoms with van der Waals surface area (Å²) >= 11 is 0. The van der Waals surface area contributed by atoms with E-state index < -0.39 is 0 Å². The highest BCUT2D eigenvalue weighted by atomic mass is 15.2. The zero-order valence-electron chi connectivity index (χ0n) is 13.1. The minimum absolute atomic E-state index is 0.324. The largest absolute Gasteiger partial charge is 0.309 e. The number of hydrogen-bond donors (Lipinski definition) is 1. The van der Waals surface area contributed by atoms with Crippen LogP contribution in [0.4, 0.5) is 0 Å². The molecule has 0 heterocycles. The molecule has 1 rings (SSSR count). The van der Waals surface area contributed by atoms with Gasteiger partial charge in [0.1, 0.15) is 0 Å².